The van der Waals surface area contributed by atoms with E-state index in [2.05, 4.69) is 5.32 Å². The predicted octanol–water partition coefficient (Wildman–Crippen LogP) is 2.91. The Morgan fingerprint density at radius 1 is 1.22 bits per heavy atom. The van der Waals surface area contributed by atoms with Gasteiger partial charge in [0.1, 0.15) is 12.1 Å². The van der Waals surface area contributed by atoms with Crippen LogP contribution >= 0.6 is 0 Å². The van der Waals surface area contributed by atoms with Crippen LogP contribution in [0.2, 0.25) is 0 Å². The Balaban J connectivity index is 1.54. The van der Waals surface area contributed by atoms with Crippen LogP contribution in [0.3, 0.4) is 0 Å². The van der Waals surface area contributed by atoms with Gasteiger partial charge >= 0.3 is 0 Å². The van der Waals surface area contributed by atoms with Crippen LogP contribution < -0.4 is 5.32 Å². The molecule has 1 N–H and O–H groups in total. The molecular formula is C17H17FN2O3. The summed E-state index contributed by atoms with van der Waals surface area (Å²) in [5.41, 5.74) is 0.972. The van der Waals surface area contributed by atoms with Gasteiger partial charge in [0.15, 0.2) is 0 Å². The third-order valence-electron chi connectivity index (χ3n) is 4.01. The molecule has 1 saturated heterocycles. The molecule has 5 nitrogen and oxygen atoms in total. The van der Waals surface area contributed by atoms with Gasteiger partial charge in [-0.1, -0.05) is 6.07 Å². The topological polar surface area (TPSA) is 62.6 Å². The second kappa shape index (κ2) is 6.64. The summed E-state index contributed by atoms with van der Waals surface area (Å²) in [6.07, 6.45) is 4.06. The van der Waals surface area contributed by atoms with Gasteiger partial charge in [-0.3, -0.25) is 9.59 Å². The van der Waals surface area contributed by atoms with Crippen LogP contribution in [0.15, 0.2) is 47.3 Å². The summed E-state index contributed by atoms with van der Waals surface area (Å²) in [5, 5.41) is 2.73. The fraction of sp³-hybridized carbons (Fsp3) is 0.294. The molecule has 1 aromatic carbocycles. The molecule has 6 heteroatoms. The Morgan fingerprint density at radius 3 is 2.65 bits per heavy atom. The lowest BCUT2D eigenvalue weighted by atomic mass is 9.95. The maximum absolute atomic E-state index is 13.1. The van der Waals surface area contributed by atoms with E-state index in [0.29, 0.717) is 37.2 Å². The average Bonchev–Trinajstić information content (AvgIpc) is 3.09. The largest absolute Gasteiger partial charge is 0.472 e. The highest BCUT2D eigenvalue weighted by Crippen LogP contribution is 2.21. The van der Waals surface area contributed by atoms with Crippen molar-refractivity contribution in [2.75, 3.05) is 18.4 Å². The van der Waals surface area contributed by atoms with E-state index in [4.69, 9.17) is 4.42 Å². The molecule has 0 spiro atoms. The van der Waals surface area contributed by atoms with Crippen molar-refractivity contribution in [3.8, 4) is 0 Å². The van der Waals surface area contributed by atoms with Gasteiger partial charge in [-0.2, -0.15) is 0 Å². The summed E-state index contributed by atoms with van der Waals surface area (Å²) in [7, 11) is 0. The molecule has 3 rings (SSSR count). The Kier molecular flexibility index (Phi) is 4.41. The number of hydrogen-bond donors (Lipinski definition) is 1. The van der Waals surface area contributed by atoms with Gasteiger partial charge in [0.05, 0.1) is 11.8 Å². The standard InChI is InChI=1S/C17H17FN2O3/c18-14-2-1-3-15(10-14)19-16(21)12-4-7-20(8-5-12)17(22)13-6-9-23-11-13/h1-3,6,9-12H,4-5,7-8H2,(H,19,21). The lowest BCUT2D eigenvalue weighted by Crippen LogP contribution is -2.41. The molecule has 2 amide bonds. The van der Waals surface area contributed by atoms with Gasteiger partial charge < -0.3 is 14.6 Å². The summed E-state index contributed by atoms with van der Waals surface area (Å²) in [6, 6.07) is 7.45. The van der Waals surface area contributed by atoms with E-state index in [0.717, 1.165) is 0 Å². The number of carbonyl (C=O) groups is 2. The number of hydrogen-bond acceptors (Lipinski definition) is 3. The van der Waals surface area contributed by atoms with Crippen LogP contribution in [-0.4, -0.2) is 29.8 Å². The van der Waals surface area contributed by atoms with Crippen molar-refractivity contribution in [2.45, 2.75) is 12.8 Å². The lowest BCUT2D eigenvalue weighted by Gasteiger charge is -2.31. The molecule has 2 heterocycles. The monoisotopic (exact) mass is 316 g/mol. The zero-order valence-corrected chi connectivity index (χ0v) is 12.5. The smallest absolute Gasteiger partial charge is 0.257 e. The van der Waals surface area contributed by atoms with Crippen molar-refractivity contribution < 1.29 is 18.4 Å². The quantitative estimate of drug-likeness (QED) is 0.947. The normalized spacial score (nSPS) is 15.4. The summed E-state index contributed by atoms with van der Waals surface area (Å²) >= 11 is 0. The molecule has 0 unspecified atom stereocenters. The maximum atomic E-state index is 13.1. The molecule has 0 aliphatic carbocycles. The van der Waals surface area contributed by atoms with Crippen molar-refractivity contribution >= 4 is 17.5 Å². The Hall–Kier alpha value is -2.63. The Morgan fingerprint density at radius 2 is 2.00 bits per heavy atom. The average molecular weight is 316 g/mol. The Labute approximate surface area is 133 Å². The molecule has 0 bridgehead atoms. The van der Waals surface area contributed by atoms with E-state index >= 15 is 0 Å². The molecule has 120 valence electrons. The molecule has 1 aliphatic heterocycles. The van der Waals surface area contributed by atoms with Crippen LogP contribution in [0.25, 0.3) is 0 Å². The molecule has 1 aliphatic rings. The van der Waals surface area contributed by atoms with Gasteiger partial charge in [-0.15, -0.1) is 0 Å². The molecular weight excluding hydrogens is 299 g/mol. The second-order valence-corrected chi connectivity index (χ2v) is 5.58. The molecule has 23 heavy (non-hydrogen) atoms. The zero-order chi connectivity index (χ0) is 16.2. The minimum atomic E-state index is -0.386. The number of amides is 2. The van der Waals surface area contributed by atoms with Crippen molar-refractivity contribution in [3.63, 3.8) is 0 Å². The number of nitrogens with one attached hydrogen (secondary N) is 1. The minimum absolute atomic E-state index is 0.0808. The van der Waals surface area contributed by atoms with Crippen LogP contribution in [0.1, 0.15) is 23.2 Å². The number of piperidine rings is 1. The number of halogens is 1. The summed E-state index contributed by atoms with van der Waals surface area (Å²) in [6.45, 7) is 1.04. The van der Waals surface area contributed by atoms with E-state index in [1.807, 2.05) is 0 Å². The lowest BCUT2D eigenvalue weighted by molar-refractivity contribution is -0.121. The highest BCUT2D eigenvalue weighted by molar-refractivity contribution is 5.95. The van der Waals surface area contributed by atoms with E-state index in [-0.39, 0.29) is 23.5 Å². The molecule has 1 aromatic heterocycles. The first-order chi connectivity index (χ1) is 11.1. The van der Waals surface area contributed by atoms with Gasteiger partial charge in [-0.25, -0.2) is 4.39 Å². The van der Waals surface area contributed by atoms with Crippen LogP contribution in [0.5, 0.6) is 0 Å². The maximum Gasteiger partial charge on any atom is 0.257 e. The first-order valence-electron chi connectivity index (χ1n) is 7.51. The summed E-state index contributed by atoms with van der Waals surface area (Å²) < 4.78 is 18.1. The van der Waals surface area contributed by atoms with Gasteiger partial charge in [0.2, 0.25) is 5.91 Å². The third-order valence-corrected chi connectivity index (χ3v) is 4.01. The third kappa shape index (κ3) is 3.59. The first kappa shape index (κ1) is 15.3. The molecule has 2 aromatic rings. The molecule has 1 fully saturated rings. The number of nitrogens with zero attached hydrogens (tertiary/aromatic N) is 1. The van der Waals surface area contributed by atoms with E-state index in [1.54, 1.807) is 23.1 Å². The van der Waals surface area contributed by atoms with Crippen LogP contribution in [-0.2, 0) is 4.79 Å². The summed E-state index contributed by atoms with van der Waals surface area (Å²) in [5.74, 6) is -0.774. The number of rotatable bonds is 3. The number of furan rings is 1. The Bertz CT molecular complexity index is 692. The van der Waals surface area contributed by atoms with E-state index in [9.17, 15) is 14.0 Å². The summed E-state index contributed by atoms with van der Waals surface area (Å²) in [4.78, 5) is 26.1. The molecule has 0 saturated carbocycles. The fourth-order valence-corrected chi connectivity index (χ4v) is 2.72. The van der Waals surface area contributed by atoms with Gasteiger partial charge in [-0.05, 0) is 37.1 Å². The molecule has 0 atom stereocenters. The van der Waals surface area contributed by atoms with Gasteiger partial charge in [0, 0.05) is 24.7 Å². The number of carbonyl (C=O) groups excluding carboxylic acids is 2. The van der Waals surface area contributed by atoms with Crippen molar-refractivity contribution in [1.82, 2.24) is 4.90 Å². The zero-order valence-electron chi connectivity index (χ0n) is 12.5. The minimum Gasteiger partial charge on any atom is -0.472 e. The fourth-order valence-electron chi connectivity index (χ4n) is 2.72. The molecule has 0 radical (unpaired) electrons. The van der Waals surface area contributed by atoms with E-state index in [1.165, 1.54) is 24.7 Å². The van der Waals surface area contributed by atoms with E-state index < -0.39 is 0 Å². The van der Waals surface area contributed by atoms with Crippen LogP contribution in [0.4, 0.5) is 10.1 Å². The highest BCUT2D eigenvalue weighted by Gasteiger charge is 2.28. The van der Waals surface area contributed by atoms with Crippen molar-refractivity contribution in [1.29, 1.82) is 0 Å². The van der Waals surface area contributed by atoms with Crippen LogP contribution in [0, 0.1) is 11.7 Å². The number of likely N-dealkylation sites (tertiary alicyclic amines) is 1. The van der Waals surface area contributed by atoms with Gasteiger partial charge in [0.25, 0.3) is 5.91 Å². The predicted molar refractivity (Wildman–Crippen MR) is 82.4 cm³/mol. The number of anilines is 1. The SMILES string of the molecule is O=C(Nc1cccc(F)c1)C1CCN(C(=O)c2ccoc2)CC1. The van der Waals surface area contributed by atoms with Crippen molar-refractivity contribution in [3.05, 3.63) is 54.2 Å². The number of benzene rings is 1. The second-order valence-electron chi connectivity index (χ2n) is 5.58. The van der Waals surface area contributed by atoms with Crippen molar-refractivity contribution in [2.24, 2.45) is 5.92 Å². The highest BCUT2D eigenvalue weighted by atomic mass is 19.1. The first-order valence-corrected chi connectivity index (χ1v) is 7.51.